The minimum absolute atomic E-state index is 0.131. The van der Waals surface area contributed by atoms with E-state index in [9.17, 15) is 14.4 Å². The third-order valence-corrected chi connectivity index (χ3v) is 7.56. The van der Waals surface area contributed by atoms with Gasteiger partial charge in [0, 0.05) is 4.47 Å². The summed E-state index contributed by atoms with van der Waals surface area (Å²) in [7, 11) is 0. The number of nitrogens with zero attached hydrogens (tertiary/aromatic N) is 1. The van der Waals surface area contributed by atoms with Crippen molar-refractivity contribution in [1.82, 2.24) is 0 Å². The van der Waals surface area contributed by atoms with Crippen molar-refractivity contribution >= 4 is 39.4 Å². The summed E-state index contributed by atoms with van der Waals surface area (Å²) in [4.78, 5) is 40.4. The van der Waals surface area contributed by atoms with Crippen molar-refractivity contribution in [3.05, 3.63) is 70.7 Å². The quantitative estimate of drug-likeness (QED) is 0.295. The van der Waals surface area contributed by atoms with E-state index in [-0.39, 0.29) is 35.5 Å². The number of benzene rings is 2. The highest BCUT2D eigenvalue weighted by Crippen LogP contribution is 2.65. The number of rotatable bonds is 3. The van der Waals surface area contributed by atoms with Crippen LogP contribution in [0, 0.1) is 35.5 Å². The molecule has 4 aliphatic carbocycles. The number of anilines is 1. The zero-order valence-corrected chi connectivity index (χ0v) is 17.5. The van der Waals surface area contributed by atoms with Gasteiger partial charge in [0.15, 0.2) is 0 Å². The molecule has 0 N–H and O–H groups in total. The lowest BCUT2D eigenvalue weighted by Crippen LogP contribution is -2.40. The smallest absolute Gasteiger partial charge is 0.343 e. The van der Waals surface area contributed by atoms with Gasteiger partial charge < -0.3 is 4.74 Å². The van der Waals surface area contributed by atoms with Gasteiger partial charge in [0.1, 0.15) is 5.75 Å². The van der Waals surface area contributed by atoms with E-state index in [4.69, 9.17) is 4.74 Å². The van der Waals surface area contributed by atoms with Crippen LogP contribution in [0.2, 0.25) is 0 Å². The fourth-order valence-corrected chi connectivity index (χ4v) is 5.92. The molecule has 6 unspecified atom stereocenters. The van der Waals surface area contributed by atoms with Gasteiger partial charge in [0.2, 0.25) is 11.8 Å². The van der Waals surface area contributed by atoms with Crippen LogP contribution in [0.5, 0.6) is 5.75 Å². The number of esters is 1. The highest BCUT2D eigenvalue weighted by atomic mass is 79.9. The molecule has 6 atom stereocenters. The molecule has 7 rings (SSSR count). The Bertz CT molecular complexity index is 1090. The Morgan fingerprint density at radius 1 is 0.933 bits per heavy atom. The van der Waals surface area contributed by atoms with Gasteiger partial charge in [0.25, 0.3) is 0 Å². The molecule has 1 aliphatic heterocycles. The molecule has 30 heavy (non-hydrogen) atoms. The molecule has 0 aromatic heterocycles. The summed E-state index contributed by atoms with van der Waals surface area (Å²) in [6.07, 6.45) is 5.44. The predicted molar refractivity (Wildman–Crippen MR) is 113 cm³/mol. The number of halogens is 1. The lowest BCUT2D eigenvalue weighted by atomic mass is 9.63. The number of ether oxygens (including phenoxy) is 1. The third-order valence-electron chi connectivity index (χ3n) is 7.03. The van der Waals surface area contributed by atoms with Gasteiger partial charge in [-0.3, -0.25) is 9.59 Å². The van der Waals surface area contributed by atoms with E-state index in [0.717, 1.165) is 10.9 Å². The molecular weight excluding hydrogens is 446 g/mol. The van der Waals surface area contributed by atoms with Gasteiger partial charge in [0.05, 0.1) is 23.1 Å². The van der Waals surface area contributed by atoms with Crippen LogP contribution in [-0.4, -0.2) is 17.8 Å². The molecule has 0 spiro atoms. The second-order valence-corrected chi connectivity index (χ2v) is 9.48. The second-order valence-electron chi connectivity index (χ2n) is 8.56. The van der Waals surface area contributed by atoms with E-state index in [1.807, 2.05) is 0 Å². The van der Waals surface area contributed by atoms with Crippen molar-refractivity contribution < 1.29 is 19.1 Å². The minimum atomic E-state index is -0.529. The first-order valence-corrected chi connectivity index (χ1v) is 11.0. The normalized spacial score (nSPS) is 32.8. The molecule has 2 aromatic rings. The van der Waals surface area contributed by atoms with Crippen LogP contribution in [0.1, 0.15) is 16.8 Å². The van der Waals surface area contributed by atoms with Gasteiger partial charge in [-0.15, -0.1) is 0 Å². The van der Waals surface area contributed by atoms with E-state index in [0.29, 0.717) is 28.8 Å². The molecule has 5 nitrogen and oxygen atoms in total. The molecule has 6 heteroatoms. The van der Waals surface area contributed by atoms with Crippen molar-refractivity contribution in [2.45, 2.75) is 6.42 Å². The van der Waals surface area contributed by atoms with E-state index >= 15 is 0 Å². The Hall–Kier alpha value is -2.73. The van der Waals surface area contributed by atoms with E-state index < -0.39 is 5.97 Å². The van der Waals surface area contributed by atoms with E-state index in [2.05, 4.69) is 28.1 Å². The monoisotopic (exact) mass is 463 g/mol. The highest BCUT2D eigenvalue weighted by Gasteiger charge is 2.67. The van der Waals surface area contributed by atoms with E-state index in [1.165, 1.54) is 4.90 Å². The molecular formula is C24H18BrNO4. The summed E-state index contributed by atoms with van der Waals surface area (Å²) in [6.45, 7) is 0. The highest BCUT2D eigenvalue weighted by molar-refractivity contribution is 9.10. The predicted octanol–water partition coefficient (Wildman–Crippen LogP) is 4.23. The Balaban J connectivity index is 1.28. The average Bonchev–Trinajstić information content (AvgIpc) is 3.53. The van der Waals surface area contributed by atoms with Crippen LogP contribution >= 0.6 is 15.9 Å². The fraction of sp³-hybridized carbons (Fsp3) is 0.292. The second kappa shape index (κ2) is 6.38. The lowest BCUT2D eigenvalue weighted by Gasteiger charge is -2.37. The Labute approximate surface area is 181 Å². The van der Waals surface area contributed by atoms with Crippen molar-refractivity contribution in [2.24, 2.45) is 35.5 Å². The molecule has 1 heterocycles. The van der Waals surface area contributed by atoms with E-state index in [1.54, 1.807) is 48.5 Å². The number of hydrogen-bond donors (Lipinski definition) is 0. The van der Waals surface area contributed by atoms with Crippen LogP contribution in [0.15, 0.2) is 65.2 Å². The molecule has 5 aliphatic rings. The number of imide groups is 1. The molecule has 2 bridgehead atoms. The number of amides is 2. The SMILES string of the molecule is O=C(Oc1ccc(Br)cc1)c1cccc(N2C(=O)C3C4C=CC(C5CC45)C3C2=O)c1. The van der Waals surface area contributed by atoms with Crippen molar-refractivity contribution in [1.29, 1.82) is 0 Å². The molecule has 0 radical (unpaired) electrons. The number of carbonyl (C=O) groups excluding carboxylic acids is 3. The minimum Gasteiger partial charge on any atom is -0.423 e. The summed E-state index contributed by atoms with van der Waals surface area (Å²) in [6, 6.07) is 13.5. The Morgan fingerprint density at radius 3 is 2.20 bits per heavy atom. The molecule has 150 valence electrons. The third kappa shape index (κ3) is 2.56. The number of carbonyl (C=O) groups is 3. The number of allylic oxidation sites excluding steroid dienone is 2. The van der Waals surface area contributed by atoms with Crippen molar-refractivity contribution in [3.63, 3.8) is 0 Å². The Morgan fingerprint density at radius 2 is 1.57 bits per heavy atom. The van der Waals surface area contributed by atoms with Gasteiger partial charge in [-0.05, 0) is 72.6 Å². The van der Waals surface area contributed by atoms with Gasteiger partial charge in [-0.2, -0.15) is 0 Å². The van der Waals surface area contributed by atoms with Crippen LogP contribution in [-0.2, 0) is 9.59 Å². The largest absolute Gasteiger partial charge is 0.423 e. The van der Waals surface area contributed by atoms with Crippen LogP contribution in [0.4, 0.5) is 5.69 Å². The van der Waals surface area contributed by atoms with Gasteiger partial charge in [-0.1, -0.05) is 34.1 Å². The zero-order valence-electron chi connectivity index (χ0n) is 15.9. The van der Waals surface area contributed by atoms with Gasteiger partial charge in [-0.25, -0.2) is 9.69 Å². The molecule has 2 aromatic carbocycles. The average molecular weight is 464 g/mol. The zero-order chi connectivity index (χ0) is 20.6. The maximum Gasteiger partial charge on any atom is 0.343 e. The summed E-state index contributed by atoms with van der Waals surface area (Å²) >= 11 is 3.35. The van der Waals surface area contributed by atoms with Crippen LogP contribution in [0.25, 0.3) is 0 Å². The van der Waals surface area contributed by atoms with Crippen LogP contribution in [0.3, 0.4) is 0 Å². The number of hydrogen-bond acceptors (Lipinski definition) is 4. The molecule has 3 fully saturated rings. The molecule has 2 amide bonds. The summed E-state index contributed by atoms with van der Waals surface area (Å²) in [5.74, 6) is 0.600. The summed E-state index contributed by atoms with van der Waals surface area (Å²) < 4.78 is 6.31. The van der Waals surface area contributed by atoms with Crippen LogP contribution < -0.4 is 9.64 Å². The fourth-order valence-electron chi connectivity index (χ4n) is 5.65. The maximum atomic E-state index is 13.3. The van der Waals surface area contributed by atoms with Crippen molar-refractivity contribution in [2.75, 3.05) is 4.90 Å². The Kier molecular flexibility index (Phi) is 3.84. The first-order valence-electron chi connectivity index (χ1n) is 10.2. The summed E-state index contributed by atoms with van der Waals surface area (Å²) in [5, 5.41) is 0. The molecule has 2 saturated carbocycles. The maximum absolute atomic E-state index is 13.3. The first-order chi connectivity index (χ1) is 14.5. The van der Waals surface area contributed by atoms with Gasteiger partial charge >= 0.3 is 5.97 Å². The summed E-state index contributed by atoms with van der Waals surface area (Å²) in [5.41, 5.74) is 0.743. The lowest BCUT2D eigenvalue weighted by molar-refractivity contribution is -0.124. The van der Waals surface area contributed by atoms with Crippen molar-refractivity contribution in [3.8, 4) is 5.75 Å². The standard InChI is InChI=1S/C24H18BrNO4/c25-13-4-6-15(7-5-13)30-24(29)12-2-1-3-14(10-12)26-22(27)20-16-8-9-17(19-11-18(16)19)21(20)23(26)28/h1-10,16-21H,11H2. The molecule has 1 saturated heterocycles. The topological polar surface area (TPSA) is 63.7 Å². The first kappa shape index (κ1) is 18.1.